The molecule has 0 aliphatic rings. The lowest BCUT2D eigenvalue weighted by Crippen LogP contribution is -2.38. The van der Waals surface area contributed by atoms with E-state index < -0.39 is 0 Å². The standard InChI is InChI=1S/C21H28N6.HI/c1-2-22-21(24-11-16-26-13-6-7-14-26)25-18-20-23-12-17-27(20)15-10-19-8-4-3-5-9-19;/h3-9,12-14,17H,2,10-11,15-16,18H2,1H3,(H2,22,24,25);1H. The molecule has 0 atom stereocenters. The van der Waals surface area contributed by atoms with Crippen LogP contribution in [0.1, 0.15) is 18.3 Å². The quantitative estimate of drug-likeness (QED) is 0.274. The first-order valence-electron chi connectivity index (χ1n) is 9.52. The molecule has 0 unspecified atom stereocenters. The van der Waals surface area contributed by atoms with E-state index in [2.05, 4.69) is 68.3 Å². The second-order valence-corrected chi connectivity index (χ2v) is 6.32. The van der Waals surface area contributed by atoms with Gasteiger partial charge in [0.2, 0.25) is 0 Å². The van der Waals surface area contributed by atoms with Crippen LogP contribution in [0.3, 0.4) is 0 Å². The normalized spacial score (nSPS) is 11.1. The highest BCUT2D eigenvalue weighted by Crippen LogP contribution is 2.05. The van der Waals surface area contributed by atoms with Gasteiger partial charge in [-0.3, -0.25) is 0 Å². The van der Waals surface area contributed by atoms with E-state index in [1.807, 2.05) is 30.6 Å². The number of hydrogen-bond donors (Lipinski definition) is 2. The summed E-state index contributed by atoms with van der Waals surface area (Å²) in [5.74, 6) is 1.80. The Balaban J connectivity index is 0.00000280. The second kappa shape index (κ2) is 12.2. The maximum Gasteiger partial charge on any atom is 0.191 e. The third kappa shape index (κ3) is 7.03. The first-order chi connectivity index (χ1) is 13.3. The molecule has 28 heavy (non-hydrogen) atoms. The van der Waals surface area contributed by atoms with E-state index in [9.17, 15) is 0 Å². The van der Waals surface area contributed by atoms with E-state index >= 15 is 0 Å². The van der Waals surface area contributed by atoms with Crippen molar-refractivity contribution in [3.8, 4) is 0 Å². The van der Waals surface area contributed by atoms with Crippen molar-refractivity contribution in [3.63, 3.8) is 0 Å². The van der Waals surface area contributed by atoms with Crippen LogP contribution in [-0.4, -0.2) is 33.2 Å². The summed E-state index contributed by atoms with van der Waals surface area (Å²) in [5, 5.41) is 6.67. The third-order valence-corrected chi connectivity index (χ3v) is 4.34. The Morgan fingerprint density at radius 2 is 1.79 bits per heavy atom. The van der Waals surface area contributed by atoms with Gasteiger partial charge in [-0.05, 0) is 31.0 Å². The number of nitrogens with zero attached hydrogens (tertiary/aromatic N) is 4. The van der Waals surface area contributed by atoms with Crippen LogP contribution >= 0.6 is 24.0 Å². The van der Waals surface area contributed by atoms with Crippen molar-refractivity contribution in [2.24, 2.45) is 4.99 Å². The molecule has 0 radical (unpaired) electrons. The molecule has 0 aliphatic heterocycles. The Morgan fingerprint density at radius 1 is 1.00 bits per heavy atom. The highest BCUT2D eigenvalue weighted by molar-refractivity contribution is 14.0. The van der Waals surface area contributed by atoms with Crippen LogP contribution in [0.5, 0.6) is 0 Å². The zero-order valence-electron chi connectivity index (χ0n) is 16.3. The molecule has 0 amide bonds. The van der Waals surface area contributed by atoms with Gasteiger partial charge in [-0.2, -0.15) is 0 Å². The van der Waals surface area contributed by atoms with Crippen LogP contribution in [0.4, 0.5) is 0 Å². The van der Waals surface area contributed by atoms with E-state index in [4.69, 9.17) is 4.99 Å². The predicted octanol–water partition coefficient (Wildman–Crippen LogP) is 3.30. The van der Waals surface area contributed by atoms with Crippen molar-refractivity contribution < 1.29 is 0 Å². The minimum atomic E-state index is 0. The van der Waals surface area contributed by atoms with E-state index in [0.717, 1.165) is 44.4 Å². The Labute approximate surface area is 184 Å². The summed E-state index contributed by atoms with van der Waals surface area (Å²) in [4.78, 5) is 9.17. The average Bonchev–Trinajstić information content (AvgIpc) is 3.37. The Morgan fingerprint density at radius 3 is 2.54 bits per heavy atom. The number of hydrogen-bond acceptors (Lipinski definition) is 2. The highest BCUT2D eigenvalue weighted by atomic mass is 127. The molecule has 0 bridgehead atoms. The van der Waals surface area contributed by atoms with Gasteiger partial charge in [0.25, 0.3) is 0 Å². The van der Waals surface area contributed by atoms with Gasteiger partial charge < -0.3 is 19.8 Å². The molecule has 2 heterocycles. The van der Waals surface area contributed by atoms with Crippen LogP contribution in [0.15, 0.2) is 72.2 Å². The molecule has 0 spiro atoms. The number of aliphatic imine (C=N–C) groups is 1. The molecule has 3 aromatic rings. The summed E-state index contributed by atoms with van der Waals surface area (Å²) >= 11 is 0. The van der Waals surface area contributed by atoms with Crippen molar-refractivity contribution in [1.82, 2.24) is 24.8 Å². The fraction of sp³-hybridized carbons (Fsp3) is 0.333. The summed E-state index contributed by atoms with van der Waals surface area (Å²) in [6.45, 7) is 6.10. The molecule has 1 aromatic carbocycles. The van der Waals surface area contributed by atoms with Gasteiger partial charge in [0.15, 0.2) is 5.96 Å². The zero-order valence-corrected chi connectivity index (χ0v) is 18.6. The number of guanidine groups is 1. The molecule has 0 saturated heterocycles. The van der Waals surface area contributed by atoms with Crippen LogP contribution in [-0.2, 0) is 26.1 Å². The molecule has 0 saturated carbocycles. The third-order valence-electron chi connectivity index (χ3n) is 4.34. The molecule has 7 heteroatoms. The topological polar surface area (TPSA) is 59.2 Å². The summed E-state index contributed by atoms with van der Waals surface area (Å²) in [7, 11) is 0. The molecule has 0 fully saturated rings. The SMILES string of the molecule is CCNC(=NCc1nccn1CCc1ccccc1)NCCn1cccc1.I. The van der Waals surface area contributed by atoms with Crippen LogP contribution in [0, 0.1) is 0 Å². The number of aromatic nitrogens is 3. The average molecular weight is 492 g/mol. The van der Waals surface area contributed by atoms with Gasteiger partial charge in [0.05, 0.1) is 0 Å². The fourth-order valence-corrected chi connectivity index (χ4v) is 2.90. The Bertz CT molecular complexity index is 811. The molecule has 0 aliphatic carbocycles. The number of nitrogens with one attached hydrogen (secondary N) is 2. The van der Waals surface area contributed by atoms with Crippen LogP contribution < -0.4 is 10.6 Å². The first-order valence-corrected chi connectivity index (χ1v) is 9.52. The number of benzene rings is 1. The minimum absolute atomic E-state index is 0. The lowest BCUT2D eigenvalue weighted by molar-refractivity contribution is 0.644. The van der Waals surface area contributed by atoms with Gasteiger partial charge in [0.1, 0.15) is 12.4 Å². The predicted molar refractivity (Wildman–Crippen MR) is 125 cm³/mol. The Hall–Kier alpha value is -2.29. The highest BCUT2D eigenvalue weighted by Gasteiger charge is 2.04. The monoisotopic (exact) mass is 492 g/mol. The summed E-state index contributed by atoms with van der Waals surface area (Å²) in [6.07, 6.45) is 9.00. The van der Waals surface area contributed by atoms with Crippen molar-refractivity contribution >= 4 is 29.9 Å². The molecule has 2 N–H and O–H groups in total. The lowest BCUT2D eigenvalue weighted by Gasteiger charge is -2.12. The molecule has 6 nitrogen and oxygen atoms in total. The number of aryl methyl sites for hydroxylation is 2. The molecular formula is C21H29IN6. The summed E-state index contributed by atoms with van der Waals surface area (Å²) in [5.41, 5.74) is 1.33. The van der Waals surface area contributed by atoms with E-state index in [0.29, 0.717) is 6.54 Å². The van der Waals surface area contributed by atoms with Gasteiger partial charge in [-0.1, -0.05) is 30.3 Å². The van der Waals surface area contributed by atoms with E-state index in [-0.39, 0.29) is 24.0 Å². The smallest absolute Gasteiger partial charge is 0.191 e. The van der Waals surface area contributed by atoms with Crippen molar-refractivity contribution in [3.05, 3.63) is 78.6 Å². The molecule has 150 valence electrons. The van der Waals surface area contributed by atoms with Crippen LogP contribution in [0.2, 0.25) is 0 Å². The maximum atomic E-state index is 4.69. The first kappa shape index (κ1) is 22.0. The van der Waals surface area contributed by atoms with Crippen molar-refractivity contribution in [2.45, 2.75) is 33.0 Å². The Kier molecular flexibility index (Phi) is 9.61. The number of rotatable bonds is 9. The molecule has 2 aromatic heterocycles. The minimum Gasteiger partial charge on any atom is -0.357 e. The fourth-order valence-electron chi connectivity index (χ4n) is 2.90. The lowest BCUT2D eigenvalue weighted by atomic mass is 10.1. The number of imidazole rings is 1. The summed E-state index contributed by atoms with van der Waals surface area (Å²) in [6, 6.07) is 14.6. The largest absolute Gasteiger partial charge is 0.357 e. The van der Waals surface area contributed by atoms with E-state index in [1.165, 1.54) is 5.56 Å². The maximum absolute atomic E-state index is 4.69. The van der Waals surface area contributed by atoms with E-state index in [1.54, 1.807) is 0 Å². The van der Waals surface area contributed by atoms with Gasteiger partial charge in [0, 0.05) is 51.0 Å². The van der Waals surface area contributed by atoms with Gasteiger partial charge in [-0.15, -0.1) is 24.0 Å². The summed E-state index contributed by atoms with van der Waals surface area (Å²) < 4.78 is 4.33. The van der Waals surface area contributed by atoms with Crippen LogP contribution in [0.25, 0.3) is 0 Å². The van der Waals surface area contributed by atoms with Gasteiger partial charge in [-0.25, -0.2) is 9.98 Å². The number of halogens is 1. The molecular weight excluding hydrogens is 463 g/mol. The van der Waals surface area contributed by atoms with Crippen molar-refractivity contribution in [2.75, 3.05) is 13.1 Å². The zero-order chi connectivity index (χ0) is 18.7. The van der Waals surface area contributed by atoms with Crippen molar-refractivity contribution in [1.29, 1.82) is 0 Å². The van der Waals surface area contributed by atoms with Gasteiger partial charge >= 0.3 is 0 Å². The second-order valence-electron chi connectivity index (χ2n) is 6.32. The molecule has 3 rings (SSSR count).